The van der Waals surface area contributed by atoms with E-state index in [1.807, 2.05) is 0 Å². The van der Waals surface area contributed by atoms with Crippen LogP contribution >= 0.6 is 33.9 Å². The summed E-state index contributed by atoms with van der Waals surface area (Å²) in [5.74, 6) is 0.674. The fourth-order valence-electron chi connectivity index (χ4n) is 1.93. The van der Waals surface area contributed by atoms with Gasteiger partial charge in [0.15, 0.2) is 0 Å². The molecule has 0 aliphatic rings. The SMILES string of the molecule is CCCCC(CC)CC(O)c1csc(I)c1. The quantitative estimate of drug-likeness (QED) is 0.685. The minimum atomic E-state index is -0.262. The molecule has 0 amide bonds. The van der Waals surface area contributed by atoms with Gasteiger partial charge in [-0.05, 0) is 51.9 Å². The highest BCUT2D eigenvalue weighted by molar-refractivity contribution is 14.1. The van der Waals surface area contributed by atoms with Crippen molar-refractivity contribution in [3.8, 4) is 0 Å². The molecule has 2 unspecified atom stereocenters. The third-order valence-electron chi connectivity index (χ3n) is 3.07. The number of thiophene rings is 1. The van der Waals surface area contributed by atoms with E-state index < -0.39 is 0 Å². The van der Waals surface area contributed by atoms with E-state index in [2.05, 4.69) is 47.9 Å². The third-order valence-corrected chi connectivity index (χ3v) is 4.88. The van der Waals surface area contributed by atoms with E-state index in [1.165, 1.54) is 28.6 Å². The van der Waals surface area contributed by atoms with Gasteiger partial charge in [-0.25, -0.2) is 0 Å². The Kier molecular flexibility index (Phi) is 6.92. The molecule has 0 spiro atoms. The lowest BCUT2D eigenvalue weighted by Crippen LogP contribution is -2.06. The van der Waals surface area contributed by atoms with Crippen LogP contribution in [0.25, 0.3) is 0 Å². The first-order chi connectivity index (χ1) is 7.67. The minimum Gasteiger partial charge on any atom is -0.388 e. The van der Waals surface area contributed by atoms with Crippen LogP contribution in [0.2, 0.25) is 0 Å². The van der Waals surface area contributed by atoms with E-state index in [0.717, 1.165) is 12.0 Å². The fourth-order valence-corrected chi connectivity index (χ4v) is 3.35. The van der Waals surface area contributed by atoms with Gasteiger partial charge in [0.05, 0.1) is 8.99 Å². The average molecular weight is 352 g/mol. The third kappa shape index (κ3) is 4.72. The molecule has 0 aromatic carbocycles. The van der Waals surface area contributed by atoms with Gasteiger partial charge in [0, 0.05) is 0 Å². The van der Waals surface area contributed by atoms with Crippen LogP contribution in [0.3, 0.4) is 0 Å². The monoisotopic (exact) mass is 352 g/mol. The van der Waals surface area contributed by atoms with Crippen LogP contribution in [-0.2, 0) is 0 Å². The zero-order valence-corrected chi connectivity index (χ0v) is 13.1. The smallest absolute Gasteiger partial charge is 0.0801 e. The second-order valence-electron chi connectivity index (χ2n) is 4.35. The molecule has 1 heterocycles. The molecule has 0 aliphatic heterocycles. The molecule has 2 atom stereocenters. The predicted molar refractivity (Wildman–Crippen MR) is 79.9 cm³/mol. The van der Waals surface area contributed by atoms with Gasteiger partial charge in [0.1, 0.15) is 0 Å². The molecule has 0 fully saturated rings. The van der Waals surface area contributed by atoms with Gasteiger partial charge in [-0.3, -0.25) is 0 Å². The number of aliphatic hydroxyl groups excluding tert-OH is 1. The molecular weight excluding hydrogens is 331 g/mol. The van der Waals surface area contributed by atoms with Crippen molar-refractivity contribution in [1.82, 2.24) is 0 Å². The van der Waals surface area contributed by atoms with Crippen molar-refractivity contribution in [2.75, 3.05) is 0 Å². The zero-order valence-electron chi connectivity index (χ0n) is 10.1. The Morgan fingerprint density at radius 3 is 2.69 bits per heavy atom. The molecular formula is C13H21IOS. The molecule has 1 N–H and O–H groups in total. The lowest BCUT2D eigenvalue weighted by molar-refractivity contribution is 0.139. The summed E-state index contributed by atoms with van der Waals surface area (Å²) in [5, 5.41) is 12.2. The normalized spacial score (nSPS) is 15.0. The van der Waals surface area contributed by atoms with E-state index in [9.17, 15) is 5.11 Å². The Bertz CT molecular complexity index is 298. The fraction of sp³-hybridized carbons (Fsp3) is 0.692. The number of aliphatic hydroxyl groups is 1. The van der Waals surface area contributed by atoms with Crippen LogP contribution in [-0.4, -0.2) is 5.11 Å². The molecule has 1 aromatic heterocycles. The number of rotatable bonds is 7. The van der Waals surface area contributed by atoms with Gasteiger partial charge in [0.2, 0.25) is 0 Å². The highest BCUT2D eigenvalue weighted by atomic mass is 127. The van der Waals surface area contributed by atoms with Crippen molar-refractivity contribution in [3.63, 3.8) is 0 Å². The van der Waals surface area contributed by atoms with Gasteiger partial charge in [-0.15, -0.1) is 11.3 Å². The van der Waals surface area contributed by atoms with Crippen LogP contribution in [0.4, 0.5) is 0 Å². The predicted octanol–water partition coefficient (Wildman–Crippen LogP) is 4.99. The maximum absolute atomic E-state index is 10.1. The van der Waals surface area contributed by atoms with E-state index in [1.54, 1.807) is 11.3 Å². The molecule has 1 rings (SSSR count). The van der Waals surface area contributed by atoms with E-state index in [4.69, 9.17) is 0 Å². The first-order valence-electron chi connectivity index (χ1n) is 6.09. The molecule has 0 saturated heterocycles. The topological polar surface area (TPSA) is 20.2 Å². The van der Waals surface area contributed by atoms with Crippen LogP contribution in [0.1, 0.15) is 57.6 Å². The molecule has 0 saturated carbocycles. The molecule has 0 radical (unpaired) electrons. The summed E-state index contributed by atoms with van der Waals surface area (Å²) in [6.07, 6.45) is 5.63. The van der Waals surface area contributed by atoms with Gasteiger partial charge in [-0.2, -0.15) is 0 Å². The maximum atomic E-state index is 10.1. The number of hydrogen-bond donors (Lipinski definition) is 1. The van der Waals surface area contributed by atoms with Crippen molar-refractivity contribution in [3.05, 3.63) is 19.9 Å². The molecule has 0 bridgehead atoms. The first kappa shape index (κ1) is 14.5. The standard InChI is InChI=1S/C13H21IOS/c1-3-5-6-10(4-2)7-12(15)11-8-13(14)16-9-11/h8-10,12,15H,3-7H2,1-2H3. The highest BCUT2D eigenvalue weighted by Gasteiger charge is 2.15. The van der Waals surface area contributed by atoms with Crippen molar-refractivity contribution >= 4 is 33.9 Å². The average Bonchev–Trinajstić information content (AvgIpc) is 2.70. The van der Waals surface area contributed by atoms with Crippen molar-refractivity contribution in [2.45, 2.75) is 52.1 Å². The van der Waals surface area contributed by atoms with E-state index >= 15 is 0 Å². The summed E-state index contributed by atoms with van der Waals surface area (Å²) < 4.78 is 1.26. The largest absolute Gasteiger partial charge is 0.388 e. The second-order valence-corrected chi connectivity index (χ2v) is 7.16. The van der Waals surface area contributed by atoms with Crippen LogP contribution in [0, 0.1) is 8.80 Å². The van der Waals surface area contributed by atoms with Gasteiger partial charge in [-0.1, -0.05) is 39.5 Å². The summed E-state index contributed by atoms with van der Waals surface area (Å²) in [5.41, 5.74) is 1.10. The molecule has 1 nitrogen and oxygen atoms in total. The van der Waals surface area contributed by atoms with Crippen LogP contribution in [0.5, 0.6) is 0 Å². The lowest BCUT2D eigenvalue weighted by atomic mass is 9.91. The Morgan fingerprint density at radius 1 is 1.44 bits per heavy atom. The number of halogens is 1. The zero-order chi connectivity index (χ0) is 12.0. The summed E-state index contributed by atoms with van der Waals surface area (Å²) in [6.45, 7) is 4.45. The maximum Gasteiger partial charge on any atom is 0.0801 e. The van der Waals surface area contributed by atoms with Crippen molar-refractivity contribution < 1.29 is 5.11 Å². The first-order valence-corrected chi connectivity index (χ1v) is 8.05. The highest BCUT2D eigenvalue weighted by Crippen LogP contribution is 2.29. The Balaban J connectivity index is 2.45. The van der Waals surface area contributed by atoms with E-state index in [0.29, 0.717) is 5.92 Å². The molecule has 0 aliphatic carbocycles. The van der Waals surface area contributed by atoms with Crippen molar-refractivity contribution in [1.29, 1.82) is 0 Å². The Labute approximate surface area is 116 Å². The minimum absolute atomic E-state index is 0.262. The summed E-state index contributed by atoms with van der Waals surface area (Å²) in [6, 6.07) is 2.10. The van der Waals surface area contributed by atoms with Crippen LogP contribution < -0.4 is 0 Å². The molecule has 16 heavy (non-hydrogen) atoms. The lowest BCUT2D eigenvalue weighted by Gasteiger charge is -2.18. The second kappa shape index (κ2) is 7.67. The number of unbranched alkanes of at least 4 members (excludes halogenated alkanes) is 1. The number of hydrogen-bond acceptors (Lipinski definition) is 2. The molecule has 92 valence electrons. The van der Waals surface area contributed by atoms with Crippen LogP contribution in [0.15, 0.2) is 11.4 Å². The Morgan fingerprint density at radius 2 is 2.19 bits per heavy atom. The molecule has 3 heteroatoms. The summed E-state index contributed by atoms with van der Waals surface area (Å²) in [7, 11) is 0. The van der Waals surface area contributed by atoms with Gasteiger partial charge >= 0.3 is 0 Å². The van der Waals surface area contributed by atoms with Crippen molar-refractivity contribution in [2.24, 2.45) is 5.92 Å². The van der Waals surface area contributed by atoms with Gasteiger partial charge in [0.25, 0.3) is 0 Å². The molecule has 1 aromatic rings. The Hall–Kier alpha value is 0.390. The summed E-state index contributed by atoms with van der Waals surface area (Å²) >= 11 is 4.02. The van der Waals surface area contributed by atoms with E-state index in [-0.39, 0.29) is 6.10 Å². The van der Waals surface area contributed by atoms with Gasteiger partial charge < -0.3 is 5.11 Å². The summed E-state index contributed by atoms with van der Waals surface area (Å²) in [4.78, 5) is 0.